The van der Waals surface area contributed by atoms with Gasteiger partial charge in [-0.05, 0) is 28.9 Å². The molecule has 0 radical (unpaired) electrons. The van der Waals surface area contributed by atoms with Crippen molar-refractivity contribution in [1.82, 2.24) is 14.5 Å². The van der Waals surface area contributed by atoms with Crippen LogP contribution in [-0.2, 0) is 0 Å². The highest BCUT2D eigenvalue weighted by atomic mass is 79.9. The van der Waals surface area contributed by atoms with Gasteiger partial charge in [-0.3, -0.25) is 0 Å². The van der Waals surface area contributed by atoms with E-state index in [2.05, 4.69) is 25.9 Å². The molecule has 16 heavy (non-hydrogen) atoms. The summed E-state index contributed by atoms with van der Waals surface area (Å²) in [5.41, 5.74) is 1.26. The monoisotopic (exact) mass is 289 g/mol. The summed E-state index contributed by atoms with van der Waals surface area (Å²) in [6.07, 6.45) is 2.97. The van der Waals surface area contributed by atoms with Gasteiger partial charge in [-0.25, -0.2) is 18.7 Å². The van der Waals surface area contributed by atoms with E-state index in [1.807, 2.05) is 0 Å². The van der Waals surface area contributed by atoms with Crippen LogP contribution in [0.2, 0.25) is 0 Å². The molecule has 1 atom stereocenters. The van der Waals surface area contributed by atoms with E-state index in [0.717, 1.165) is 6.92 Å². The molecule has 6 heteroatoms. The van der Waals surface area contributed by atoms with Crippen molar-refractivity contribution in [2.45, 2.75) is 25.8 Å². The van der Waals surface area contributed by atoms with E-state index in [0.29, 0.717) is 15.6 Å². The molecule has 0 aliphatic rings. The molecule has 0 spiro atoms. The number of hydrogen-bond donors (Lipinski definition) is 0. The minimum absolute atomic E-state index is 0.605. The third-order valence-corrected chi connectivity index (χ3v) is 3.01. The van der Waals surface area contributed by atoms with Crippen LogP contribution in [0.1, 0.15) is 19.9 Å². The molecule has 0 amide bonds. The summed E-state index contributed by atoms with van der Waals surface area (Å²) in [6, 6.07) is 0.747. The highest BCUT2D eigenvalue weighted by molar-refractivity contribution is 9.10. The van der Waals surface area contributed by atoms with Gasteiger partial charge in [-0.15, -0.1) is 0 Å². The highest BCUT2D eigenvalue weighted by Gasteiger charge is 2.32. The Morgan fingerprint density at radius 1 is 1.44 bits per heavy atom. The number of imidazole rings is 1. The summed E-state index contributed by atoms with van der Waals surface area (Å²) in [7, 11) is 0. The van der Waals surface area contributed by atoms with Crippen LogP contribution in [0.5, 0.6) is 0 Å². The zero-order valence-corrected chi connectivity index (χ0v) is 10.4. The summed E-state index contributed by atoms with van der Waals surface area (Å²) in [5, 5.41) is 0. The predicted molar refractivity (Wildman–Crippen MR) is 60.6 cm³/mol. The maximum Gasteiger partial charge on any atom is 0.265 e. The second-order valence-electron chi connectivity index (χ2n) is 3.78. The molecule has 0 N–H and O–H groups in total. The molecule has 2 aromatic heterocycles. The van der Waals surface area contributed by atoms with Gasteiger partial charge in [0.25, 0.3) is 5.92 Å². The number of fused-ring (bicyclic) bond motifs is 1. The van der Waals surface area contributed by atoms with Crippen LogP contribution in [0.4, 0.5) is 8.78 Å². The largest absolute Gasteiger partial charge is 0.322 e. The van der Waals surface area contributed by atoms with Gasteiger partial charge in [0.2, 0.25) is 0 Å². The molecule has 2 rings (SSSR count). The molecule has 0 aromatic carbocycles. The van der Waals surface area contributed by atoms with E-state index in [9.17, 15) is 8.78 Å². The summed E-state index contributed by atoms with van der Waals surface area (Å²) < 4.78 is 28.5. The van der Waals surface area contributed by atoms with E-state index >= 15 is 0 Å². The SMILES string of the molecule is CC(n1cnc2cnc(Br)cc21)C(C)(F)F. The van der Waals surface area contributed by atoms with Crippen molar-refractivity contribution in [3.05, 3.63) is 23.2 Å². The van der Waals surface area contributed by atoms with E-state index in [-0.39, 0.29) is 0 Å². The number of alkyl halides is 2. The van der Waals surface area contributed by atoms with Crippen molar-refractivity contribution >= 4 is 27.0 Å². The third-order valence-electron chi connectivity index (χ3n) is 2.58. The molecule has 0 saturated carbocycles. The van der Waals surface area contributed by atoms with Crippen molar-refractivity contribution in [3.63, 3.8) is 0 Å². The van der Waals surface area contributed by atoms with Gasteiger partial charge in [0, 0.05) is 6.92 Å². The van der Waals surface area contributed by atoms with Crippen LogP contribution in [0.15, 0.2) is 23.2 Å². The normalized spacial score (nSPS) is 14.3. The first-order valence-corrected chi connectivity index (χ1v) is 5.55. The lowest BCUT2D eigenvalue weighted by molar-refractivity contribution is -0.0246. The molecule has 1 unspecified atom stereocenters. The Balaban J connectivity index is 2.57. The molecular formula is C10H10BrF2N3. The smallest absolute Gasteiger partial charge is 0.265 e. The van der Waals surface area contributed by atoms with Gasteiger partial charge in [-0.2, -0.15) is 0 Å². The number of hydrogen-bond acceptors (Lipinski definition) is 2. The molecular weight excluding hydrogens is 280 g/mol. The van der Waals surface area contributed by atoms with Crippen LogP contribution >= 0.6 is 15.9 Å². The minimum Gasteiger partial charge on any atom is -0.322 e. The number of halogens is 3. The van der Waals surface area contributed by atoms with Gasteiger partial charge >= 0.3 is 0 Å². The number of nitrogens with zero attached hydrogens (tertiary/aromatic N) is 3. The average molecular weight is 290 g/mol. The van der Waals surface area contributed by atoms with Crippen LogP contribution in [0, 0.1) is 0 Å². The Labute approximate surface area is 99.6 Å². The Morgan fingerprint density at radius 3 is 2.75 bits per heavy atom. The highest BCUT2D eigenvalue weighted by Crippen LogP contribution is 2.30. The van der Waals surface area contributed by atoms with Crippen molar-refractivity contribution in [1.29, 1.82) is 0 Å². The van der Waals surface area contributed by atoms with Crippen molar-refractivity contribution < 1.29 is 8.78 Å². The standard InChI is InChI=1S/C10H10BrF2N3/c1-6(10(2,12)13)16-5-15-7-4-14-9(11)3-8(7)16/h3-6H,1-2H3. The Bertz CT molecular complexity index is 518. The van der Waals surface area contributed by atoms with Crippen molar-refractivity contribution in [3.8, 4) is 0 Å². The number of aromatic nitrogens is 3. The molecule has 2 heterocycles. The topological polar surface area (TPSA) is 30.7 Å². The van der Waals surface area contributed by atoms with E-state index < -0.39 is 12.0 Å². The first-order valence-electron chi connectivity index (χ1n) is 4.75. The summed E-state index contributed by atoms with van der Waals surface area (Å²) in [6.45, 7) is 2.37. The Morgan fingerprint density at radius 2 is 2.12 bits per heavy atom. The lowest BCUT2D eigenvalue weighted by Gasteiger charge is -2.21. The lowest BCUT2D eigenvalue weighted by atomic mass is 10.2. The molecule has 86 valence electrons. The fourth-order valence-electron chi connectivity index (χ4n) is 1.46. The third kappa shape index (κ3) is 1.93. The van der Waals surface area contributed by atoms with Crippen molar-refractivity contribution in [2.75, 3.05) is 0 Å². The predicted octanol–water partition coefficient (Wildman–Crippen LogP) is 3.41. The zero-order valence-electron chi connectivity index (χ0n) is 8.78. The van der Waals surface area contributed by atoms with Crippen LogP contribution in [-0.4, -0.2) is 20.5 Å². The van der Waals surface area contributed by atoms with E-state index in [4.69, 9.17) is 0 Å². The second kappa shape index (κ2) is 3.76. The first kappa shape index (κ1) is 11.4. The maximum atomic E-state index is 13.2. The molecule has 2 aromatic rings. The molecule has 3 nitrogen and oxygen atoms in total. The van der Waals surface area contributed by atoms with Crippen LogP contribution in [0.3, 0.4) is 0 Å². The van der Waals surface area contributed by atoms with E-state index in [1.54, 1.807) is 12.3 Å². The van der Waals surface area contributed by atoms with Gasteiger partial charge in [0.05, 0.1) is 24.1 Å². The van der Waals surface area contributed by atoms with Gasteiger partial charge in [-0.1, -0.05) is 0 Å². The first-order chi connectivity index (χ1) is 7.39. The Hall–Kier alpha value is -1.04. The summed E-state index contributed by atoms with van der Waals surface area (Å²) in [4.78, 5) is 8.04. The molecule has 0 saturated heterocycles. The Kier molecular flexibility index (Phi) is 2.69. The number of pyridine rings is 1. The van der Waals surface area contributed by atoms with Crippen LogP contribution in [0.25, 0.3) is 11.0 Å². The fourth-order valence-corrected chi connectivity index (χ4v) is 1.78. The molecule has 0 aliphatic heterocycles. The molecule has 0 aliphatic carbocycles. The quantitative estimate of drug-likeness (QED) is 0.793. The minimum atomic E-state index is -2.79. The zero-order chi connectivity index (χ0) is 11.9. The number of rotatable bonds is 2. The molecule has 0 bridgehead atoms. The fraction of sp³-hybridized carbons (Fsp3) is 0.400. The van der Waals surface area contributed by atoms with Gasteiger partial charge < -0.3 is 4.57 Å². The van der Waals surface area contributed by atoms with Crippen LogP contribution < -0.4 is 0 Å². The van der Waals surface area contributed by atoms with E-state index in [1.165, 1.54) is 17.8 Å². The van der Waals surface area contributed by atoms with Crippen molar-refractivity contribution in [2.24, 2.45) is 0 Å². The van der Waals surface area contributed by atoms with Gasteiger partial charge in [0.1, 0.15) is 10.1 Å². The second-order valence-corrected chi connectivity index (χ2v) is 4.59. The molecule has 0 fully saturated rings. The summed E-state index contributed by atoms with van der Waals surface area (Å²) in [5.74, 6) is -2.79. The lowest BCUT2D eigenvalue weighted by Crippen LogP contribution is -2.24. The van der Waals surface area contributed by atoms with Gasteiger partial charge in [0.15, 0.2) is 0 Å². The average Bonchev–Trinajstić information content (AvgIpc) is 2.57. The maximum absolute atomic E-state index is 13.2. The summed E-state index contributed by atoms with van der Waals surface area (Å²) >= 11 is 3.21.